The normalized spacial score (nSPS) is 12.1. The Bertz CT molecular complexity index is 536. The molecule has 2 rings (SSSR count). The summed E-state index contributed by atoms with van der Waals surface area (Å²) in [5.41, 5.74) is 0. The second-order valence-corrected chi connectivity index (χ2v) is 5.53. The quantitative estimate of drug-likeness (QED) is 0.766. The van der Waals surface area contributed by atoms with Crippen molar-refractivity contribution < 1.29 is 14.3 Å². The summed E-state index contributed by atoms with van der Waals surface area (Å²) in [5, 5.41) is 15.6. The van der Waals surface area contributed by atoms with E-state index in [1.807, 2.05) is 19.1 Å². The molecule has 0 aliphatic rings. The van der Waals surface area contributed by atoms with E-state index in [9.17, 15) is 9.90 Å². The van der Waals surface area contributed by atoms with Gasteiger partial charge in [0, 0.05) is 16.3 Å². The summed E-state index contributed by atoms with van der Waals surface area (Å²) in [7, 11) is 0. The summed E-state index contributed by atoms with van der Waals surface area (Å²) in [6.07, 6.45) is 1.69. The topological polar surface area (TPSA) is 74.5 Å². The molecule has 0 spiro atoms. The maximum Gasteiger partial charge on any atom is 0.315 e. The predicted octanol–water partition coefficient (Wildman–Crippen LogP) is 2.63. The standard InChI is InChI=1S/C14H18N2O3S/c1-2-7-15-14(18)16-9-10-5-6-12(20-10)13(17)11-4-3-8-19-11/h3-6,8,13,17H,2,7,9H2,1H3,(H2,15,16,18). The highest BCUT2D eigenvalue weighted by Crippen LogP contribution is 2.28. The number of carbonyl (C=O) groups excluding carboxylic acids is 1. The molecule has 0 aliphatic carbocycles. The van der Waals surface area contributed by atoms with E-state index < -0.39 is 6.10 Å². The lowest BCUT2D eigenvalue weighted by molar-refractivity contribution is 0.193. The highest BCUT2D eigenvalue weighted by atomic mass is 32.1. The van der Waals surface area contributed by atoms with Crippen LogP contribution in [0.4, 0.5) is 4.79 Å². The third kappa shape index (κ3) is 3.85. The summed E-state index contributed by atoms with van der Waals surface area (Å²) in [4.78, 5) is 13.2. The predicted molar refractivity (Wildman–Crippen MR) is 77.6 cm³/mol. The molecule has 0 aromatic carbocycles. The number of rotatable bonds is 6. The van der Waals surface area contributed by atoms with Gasteiger partial charge in [0.05, 0.1) is 12.8 Å². The Morgan fingerprint density at radius 1 is 1.40 bits per heavy atom. The van der Waals surface area contributed by atoms with Gasteiger partial charge in [0.25, 0.3) is 0 Å². The van der Waals surface area contributed by atoms with Crippen molar-refractivity contribution in [3.8, 4) is 0 Å². The Hall–Kier alpha value is -1.79. The minimum atomic E-state index is -0.752. The number of urea groups is 1. The first kappa shape index (κ1) is 14.6. The number of amides is 2. The van der Waals surface area contributed by atoms with Gasteiger partial charge in [-0.25, -0.2) is 4.79 Å². The van der Waals surface area contributed by atoms with Crippen LogP contribution in [0, 0.1) is 0 Å². The monoisotopic (exact) mass is 294 g/mol. The zero-order valence-corrected chi connectivity index (χ0v) is 12.1. The Labute approximate surface area is 121 Å². The van der Waals surface area contributed by atoms with Crippen molar-refractivity contribution in [2.45, 2.75) is 26.0 Å². The number of carbonyl (C=O) groups is 1. The molecule has 0 fully saturated rings. The van der Waals surface area contributed by atoms with Gasteiger partial charge in [-0.3, -0.25) is 0 Å². The zero-order valence-electron chi connectivity index (χ0n) is 11.3. The number of nitrogens with one attached hydrogen (secondary N) is 2. The molecule has 2 aromatic heterocycles. The lowest BCUT2D eigenvalue weighted by atomic mass is 10.2. The molecule has 108 valence electrons. The van der Waals surface area contributed by atoms with Crippen molar-refractivity contribution in [2.75, 3.05) is 6.54 Å². The molecule has 20 heavy (non-hydrogen) atoms. The van der Waals surface area contributed by atoms with Gasteiger partial charge in [0.15, 0.2) is 0 Å². The third-order valence-corrected chi connectivity index (χ3v) is 3.86. The molecular weight excluding hydrogens is 276 g/mol. The van der Waals surface area contributed by atoms with Gasteiger partial charge >= 0.3 is 6.03 Å². The highest BCUT2D eigenvalue weighted by Gasteiger charge is 2.15. The van der Waals surface area contributed by atoms with Crippen LogP contribution in [0.25, 0.3) is 0 Å². The fraction of sp³-hybridized carbons (Fsp3) is 0.357. The summed E-state index contributed by atoms with van der Waals surface area (Å²) >= 11 is 1.45. The zero-order chi connectivity index (χ0) is 14.4. The maximum absolute atomic E-state index is 11.4. The number of thiophene rings is 1. The van der Waals surface area contributed by atoms with E-state index in [1.165, 1.54) is 17.6 Å². The highest BCUT2D eigenvalue weighted by molar-refractivity contribution is 7.12. The van der Waals surface area contributed by atoms with Gasteiger partial charge in [-0.05, 0) is 30.7 Å². The van der Waals surface area contributed by atoms with Crippen LogP contribution in [0.1, 0.15) is 35.0 Å². The van der Waals surface area contributed by atoms with Crippen LogP contribution < -0.4 is 10.6 Å². The van der Waals surface area contributed by atoms with Gasteiger partial charge < -0.3 is 20.2 Å². The molecule has 0 saturated heterocycles. The molecule has 6 heteroatoms. The molecule has 2 aromatic rings. The van der Waals surface area contributed by atoms with Crippen LogP contribution >= 0.6 is 11.3 Å². The summed E-state index contributed by atoms with van der Waals surface area (Å²) in [6.45, 7) is 3.12. The molecule has 2 amide bonds. The first-order valence-corrected chi connectivity index (χ1v) is 7.34. The van der Waals surface area contributed by atoms with E-state index in [0.29, 0.717) is 18.8 Å². The third-order valence-electron chi connectivity index (χ3n) is 2.72. The second-order valence-electron chi connectivity index (χ2n) is 4.33. The van der Waals surface area contributed by atoms with Gasteiger partial charge in [-0.1, -0.05) is 6.92 Å². The molecule has 1 atom stereocenters. The lowest BCUT2D eigenvalue weighted by Crippen LogP contribution is -2.35. The molecule has 0 aliphatic heterocycles. The fourth-order valence-corrected chi connectivity index (χ4v) is 2.64. The van der Waals surface area contributed by atoms with Crippen LogP contribution in [-0.4, -0.2) is 17.7 Å². The van der Waals surface area contributed by atoms with Gasteiger partial charge in [0.2, 0.25) is 0 Å². The van der Waals surface area contributed by atoms with Gasteiger partial charge in [0.1, 0.15) is 11.9 Å². The van der Waals surface area contributed by atoms with Crippen molar-refractivity contribution in [1.82, 2.24) is 10.6 Å². The van der Waals surface area contributed by atoms with Crippen molar-refractivity contribution in [2.24, 2.45) is 0 Å². The number of aliphatic hydroxyl groups excluding tert-OH is 1. The van der Waals surface area contributed by atoms with E-state index in [4.69, 9.17) is 4.42 Å². The van der Waals surface area contributed by atoms with Crippen molar-refractivity contribution in [3.63, 3.8) is 0 Å². The number of aliphatic hydroxyl groups is 1. The summed E-state index contributed by atoms with van der Waals surface area (Å²) in [5.74, 6) is 0.520. The molecule has 0 bridgehead atoms. The Kier molecular flexibility index (Phi) is 5.20. The van der Waals surface area contributed by atoms with Gasteiger partial charge in [-0.15, -0.1) is 11.3 Å². The van der Waals surface area contributed by atoms with E-state index in [0.717, 1.165) is 16.2 Å². The lowest BCUT2D eigenvalue weighted by Gasteiger charge is -2.05. The number of hydrogen-bond donors (Lipinski definition) is 3. The van der Waals surface area contributed by atoms with E-state index in [1.54, 1.807) is 12.1 Å². The van der Waals surface area contributed by atoms with E-state index >= 15 is 0 Å². The smallest absolute Gasteiger partial charge is 0.315 e. The Balaban J connectivity index is 1.88. The molecular formula is C14H18N2O3S. The first-order valence-electron chi connectivity index (χ1n) is 6.52. The first-order chi connectivity index (χ1) is 9.70. The molecule has 5 nitrogen and oxygen atoms in total. The SMILES string of the molecule is CCCNC(=O)NCc1ccc(C(O)c2ccco2)s1. The van der Waals surface area contributed by atoms with Crippen LogP contribution in [-0.2, 0) is 6.54 Å². The average Bonchev–Trinajstić information content (AvgIpc) is 3.12. The average molecular weight is 294 g/mol. The maximum atomic E-state index is 11.4. The fourth-order valence-electron chi connectivity index (χ4n) is 1.69. The number of furan rings is 1. The van der Waals surface area contributed by atoms with Gasteiger partial charge in [-0.2, -0.15) is 0 Å². The molecule has 3 N–H and O–H groups in total. The Morgan fingerprint density at radius 2 is 2.25 bits per heavy atom. The summed E-state index contributed by atoms with van der Waals surface area (Å²) < 4.78 is 5.18. The largest absolute Gasteiger partial charge is 0.466 e. The van der Waals surface area contributed by atoms with Crippen LogP contribution in [0.3, 0.4) is 0 Å². The van der Waals surface area contributed by atoms with E-state index in [-0.39, 0.29) is 6.03 Å². The van der Waals surface area contributed by atoms with Crippen LogP contribution in [0.5, 0.6) is 0 Å². The second kappa shape index (κ2) is 7.12. The van der Waals surface area contributed by atoms with Crippen LogP contribution in [0.2, 0.25) is 0 Å². The molecule has 1 unspecified atom stereocenters. The minimum Gasteiger partial charge on any atom is -0.466 e. The van der Waals surface area contributed by atoms with Crippen LogP contribution in [0.15, 0.2) is 34.9 Å². The molecule has 0 radical (unpaired) electrons. The minimum absolute atomic E-state index is 0.173. The van der Waals surface area contributed by atoms with E-state index in [2.05, 4.69) is 10.6 Å². The number of hydrogen-bond acceptors (Lipinski definition) is 4. The van der Waals surface area contributed by atoms with Crippen molar-refractivity contribution >= 4 is 17.4 Å². The molecule has 0 saturated carbocycles. The summed E-state index contributed by atoms with van der Waals surface area (Å²) in [6, 6.07) is 7.05. The van der Waals surface area contributed by atoms with Crippen molar-refractivity contribution in [1.29, 1.82) is 0 Å². The Morgan fingerprint density at radius 3 is 2.95 bits per heavy atom. The van der Waals surface area contributed by atoms with Crippen molar-refractivity contribution in [3.05, 3.63) is 46.0 Å². The molecule has 2 heterocycles.